The molecule has 0 radical (unpaired) electrons. The Balaban J connectivity index is 1.66. The normalized spacial score (nSPS) is 11.6. The Kier molecular flexibility index (Phi) is 6.98. The topological polar surface area (TPSA) is 0 Å². The molecule has 5 aromatic rings. The van der Waals surface area contributed by atoms with E-state index in [1.807, 2.05) is 12.1 Å². The van der Waals surface area contributed by atoms with E-state index in [-0.39, 0.29) is 5.82 Å². The first-order valence-electron chi connectivity index (χ1n) is 11.8. The van der Waals surface area contributed by atoms with Gasteiger partial charge in [0.15, 0.2) is 0 Å². The van der Waals surface area contributed by atoms with E-state index < -0.39 is 7.26 Å². The first-order chi connectivity index (χ1) is 17.3. The summed E-state index contributed by atoms with van der Waals surface area (Å²) in [6.07, 6.45) is 5.12. The van der Waals surface area contributed by atoms with E-state index in [4.69, 9.17) is 0 Å². The summed E-state index contributed by atoms with van der Waals surface area (Å²) in [5.74, 6) is -0.217. The molecule has 0 amide bonds. The van der Waals surface area contributed by atoms with Crippen molar-refractivity contribution in [3.63, 3.8) is 0 Å². The van der Waals surface area contributed by atoms with Gasteiger partial charge in [0.05, 0.1) is 6.16 Å². The van der Waals surface area contributed by atoms with Crippen molar-refractivity contribution in [1.82, 2.24) is 0 Å². The van der Waals surface area contributed by atoms with E-state index in [1.165, 1.54) is 39.2 Å². The van der Waals surface area contributed by atoms with Gasteiger partial charge in [-0.1, -0.05) is 103 Å². The summed E-state index contributed by atoms with van der Waals surface area (Å²) in [6, 6.07) is 48.1. The quantitative estimate of drug-likeness (QED) is 0.170. The third-order valence-electron chi connectivity index (χ3n) is 6.38. The Morgan fingerprint density at radius 2 is 0.943 bits per heavy atom. The Hall–Kier alpha value is -3.80. The second-order valence-electron chi connectivity index (χ2n) is 8.56. The van der Waals surface area contributed by atoms with E-state index in [1.54, 1.807) is 0 Å². The molecular formula is C33H27FP+. The molecule has 0 saturated heterocycles. The van der Waals surface area contributed by atoms with Crippen LogP contribution < -0.4 is 15.9 Å². The largest absolute Gasteiger partial charge is 0.207 e. The summed E-state index contributed by atoms with van der Waals surface area (Å²) in [5.41, 5.74) is 3.47. The second kappa shape index (κ2) is 10.6. The summed E-state index contributed by atoms with van der Waals surface area (Å²) < 4.78 is 13.4. The van der Waals surface area contributed by atoms with Crippen LogP contribution in [-0.4, -0.2) is 0 Å². The van der Waals surface area contributed by atoms with Gasteiger partial charge in [-0.2, -0.15) is 0 Å². The molecule has 0 aromatic heterocycles. The van der Waals surface area contributed by atoms with Gasteiger partial charge in [-0.05, 0) is 65.2 Å². The fraction of sp³-hybridized carbons (Fsp3) is 0.0303. The summed E-state index contributed by atoms with van der Waals surface area (Å²) in [6.45, 7) is 0. The maximum Gasteiger partial charge on any atom is 0.123 e. The lowest BCUT2D eigenvalue weighted by Crippen LogP contribution is -2.32. The summed E-state index contributed by atoms with van der Waals surface area (Å²) in [5, 5.41) is 4.11. The molecule has 0 atom stereocenters. The molecule has 0 heterocycles. The van der Waals surface area contributed by atoms with Crippen molar-refractivity contribution in [1.29, 1.82) is 0 Å². The molecule has 0 spiro atoms. The molecule has 0 fully saturated rings. The van der Waals surface area contributed by atoms with Crippen molar-refractivity contribution in [3.8, 4) is 0 Å². The molecule has 5 aromatic carbocycles. The van der Waals surface area contributed by atoms with Gasteiger partial charge in [-0.15, -0.1) is 0 Å². The molecule has 170 valence electrons. The van der Waals surface area contributed by atoms with Crippen LogP contribution in [-0.2, 0) is 6.16 Å². The smallest absolute Gasteiger partial charge is 0.123 e. The van der Waals surface area contributed by atoms with Crippen LogP contribution in [0.1, 0.15) is 16.7 Å². The molecule has 35 heavy (non-hydrogen) atoms. The standard InChI is InChI=1S/C33H27FP/c34-30-24-21-27(22-25-30)20-23-28-12-10-11-13-29(28)26-35(31-14-4-1-5-15-31,32-16-6-2-7-17-32)33-18-8-3-9-19-33/h1-25H,26H2/q+1. The molecule has 0 aliphatic carbocycles. The number of rotatable bonds is 7. The van der Waals surface area contributed by atoms with Crippen molar-refractivity contribution in [2.45, 2.75) is 6.16 Å². The Morgan fingerprint density at radius 1 is 0.486 bits per heavy atom. The van der Waals surface area contributed by atoms with Gasteiger partial charge in [0.1, 0.15) is 29.0 Å². The van der Waals surface area contributed by atoms with Crippen LogP contribution in [0, 0.1) is 5.82 Å². The van der Waals surface area contributed by atoms with Crippen molar-refractivity contribution < 1.29 is 4.39 Å². The van der Waals surface area contributed by atoms with Crippen LogP contribution in [0.25, 0.3) is 12.2 Å². The lowest BCUT2D eigenvalue weighted by atomic mass is 10.1. The lowest BCUT2D eigenvalue weighted by molar-refractivity contribution is 0.628. The van der Waals surface area contributed by atoms with Gasteiger partial charge >= 0.3 is 0 Å². The van der Waals surface area contributed by atoms with Crippen LogP contribution in [0.4, 0.5) is 4.39 Å². The molecule has 5 rings (SSSR count). The highest BCUT2D eigenvalue weighted by Gasteiger charge is 2.45. The molecule has 0 aliphatic heterocycles. The van der Waals surface area contributed by atoms with E-state index >= 15 is 0 Å². The molecule has 0 saturated carbocycles. The minimum atomic E-state index is -1.99. The van der Waals surface area contributed by atoms with Gasteiger partial charge in [-0.25, -0.2) is 4.39 Å². The molecule has 0 N–H and O–H groups in total. The van der Waals surface area contributed by atoms with Gasteiger partial charge < -0.3 is 0 Å². The fourth-order valence-corrected chi connectivity index (χ4v) is 8.91. The highest BCUT2D eigenvalue weighted by molar-refractivity contribution is 7.95. The Morgan fingerprint density at radius 3 is 1.46 bits per heavy atom. The van der Waals surface area contributed by atoms with Crippen LogP contribution in [0.5, 0.6) is 0 Å². The first kappa shape index (κ1) is 23.0. The zero-order chi connectivity index (χ0) is 23.9. The zero-order valence-electron chi connectivity index (χ0n) is 19.5. The van der Waals surface area contributed by atoms with Crippen molar-refractivity contribution >= 4 is 35.3 Å². The number of hydrogen-bond acceptors (Lipinski definition) is 0. The molecule has 0 bridgehead atoms. The molecule has 0 nitrogen and oxygen atoms in total. The van der Waals surface area contributed by atoms with Crippen LogP contribution in [0.15, 0.2) is 140 Å². The fourth-order valence-electron chi connectivity index (χ4n) is 4.62. The maximum atomic E-state index is 13.4. The predicted octanol–water partition coefficient (Wildman–Crippen LogP) is 7.49. The minimum Gasteiger partial charge on any atom is -0.207 e. The first-order valence-corrected chi connectivity index (χ1v) is 13.8. The van der Waals surface area contributed by atoms with E-state index in [0.29, 0.717) is 0 Å². The third-order valence-corrected chi connectivity index (χ3v) is 10.7. The average Bonchev–Trinajstić information content (AvgIpc) is 2.93. The highest BCUT2D eigenvalue weighted by atomic mass is 31.2. The monoisotopic (exact) mass is 473 g/mol. The number of halogens is 1. The van der Waals surface area contributed by atoms with Gasteiger partial charge in [-0.3, -0.25) is 0 Å². The molecule has 2 heteroatoms. The molecular weight excluding hydrogens is 446 g/mol. The Bertz CT molecular complexity index is 1300. The predicted molar refractivity (Wildman–Crippen MR) is 151 cm³/mol. The van der Waals surface area contributed by atoms with Crippen molar-refractivity contribution in [3.05, 3.63) is 162 Å². The minimum absolute atomic E-state index is 0.217. The van der Waals surface area contributed by atoms with Crippen molar-refractivity contribution in [2.24, 2.45) is 0 Å². The van der Waals surface area contributed by atoms with Gasteiger partial charge in [0, 0.05) is 0 Å². The van der Waals surface area contributed by atoms with Gasteiger partial charge in [0.2, 0.25) is 0 Å². The molecule has 0 unspecified atom stereocenters. The number of hydrogen-bond donors (Lipinski definition) is 0. The maximum absolute atomic E-state index is 13.4. The van der Waals surface area contributed by atoms with E-state index in [2.05, 4.69) is 127 Å². The Labute approximate surface area is 207 Å². The summed E-state index contributed by atoms with van der Waals surface area (Å²) in [4.78, 5) is 0. The van der Waals surface area contributed by atoms with E-state index in [9.17, 15) is 4.39 Å². The SMILES string of the molecule is Fc1ccc(C=Cc2ccccc2C[P+](c2ccccc2)(c2ccccc2)c2ccccc2)cc1. The van der Waals surface area contributed by atoms with Crippen LogP contribution in [0.2, 0.25) is 0 Å². The van der Waals surface area contributed by atoms with Crippen LogP contribution >= 0.6 is 7.26 Å². The lowest BCUT2D eigenvalue weighted by Gasteiger charge is -2.28. The second-order valence-corrected chi connectivity index (χ2v) is 12.0. The summed E-state index contributed by atoms with van der Waals surface area (Å²) in [7, 11) is -1.99. The molecule has 0 aliphatic rings. The highest BCUT2D eigenvalue weighted by Crippen LogP contribution is 2.58. The van der Waals surface area contributed by atoms with Crippen molar-refractivity contribution in [2.75, 3.05) is 0 Å². The van der Waals surface area contributed by atoms with E-state index in [0.717, 1.165) is 11.7 Å². The zero-order valence-corrected chi connectivity index (χ0v) is 20.4. The van der Waals surface area contributed by atoms with Crippen LogP contribution in [0.3, 0.4) is 0 Å². The third kappa shape index (κ3) is 5.02. The van der Waals surface area contributed by atoms with Gasteiger partial charge in [0.25, 0.3) is 0 Å². The average molecular weight is 474 g/mol. The summed E-state index contributed by atoms with van der Waals surface area (Å²) >= 11 is 0. The number of benzene rings is 5.